The molecule has 3 heteroatoms. The predicted octanol–water partition coefficient (Wildman–Crippen LogP) is 2.01. The van der Waals surface area contributed by atoms with Crippen LogP contribution in [-0.4, -0.2) is 22.8 Å². The van der Waals surface area contributed by atoms with Crippen molar-refractivity contribution in [2.75, 3.05) is 13.2 Å². The van der Waals surface area contributed by atoms with E-state index in [1.165, 1.54) is 5.56 Å². The van der Waals surface area contributed by atoms with Crippen LogP contribution in [0.2, 0.25) is 0 Å². The second kappa shape index (κ2) is 7.47. The Kier molecular flexibility index (Phi) is 6.19. The van der Waals surface area contributed by atoms with Crippen molar-refractivity contribution in [2.45, 2.75) is 39.8 Å². The molecule has 0 radical (unpaired) electrons. The molecule has 1 aromatic heterocycles. The van der Waals surface area contributed by atoms with E-state index in [0.717, 1.165) is 32.5 Å². The van der Waals surface area contributed by atoms with Crippen molar-refractivity contribution in [2.24, 2.45) is 5.92 Å². The average molecular weight is 224 g/mol. The Balaban J connectivity index is 2.07. The Bertz CT molecular complexity index is 283. The van der Waals surface area contributed by atoms with Crippen LogP contribution in [0.25, 0.3) is 0 Å². The predicted molar refractivity (Wildman–Crippen MR) is 67.3 cm³/mol. The van der Waals surface area contributed by atoms with Crippen molar-refractivity contribution < 1.29 is 5.11 Å². The lowest BCUT2D eigenvalue weighted by atomic mass is 10.1. The summed E-state index contributed by atoms with van der Waals surface area (Å²) in [5.41, 5.74) is 1.34. The number of aryl methyl sites for hydroxylation is 1. The largest absolute Gasteiger partial charge is 0.396 e. The van der Waals surface area contributed by atoms with Gasteiger partial charge in [0.2, 0.25) is 0 Å². The minimum absolute atomic E-state index is 0.305. The summed E-state index contributed by atoms with van der Waals surface area (Å²) in [4.78, 5) is 0. The van der Waals surface area contributed by atoms with Crippen LogP contribution in [0.1, 0.15) is 32.3 Å². The number of aliphatic hydroxyl groups excluding tert-OH is 1. The molecule has 2 N–H and O–H groups in total. The van der Waals surface area contributed by atoms with Crippen LogP contribution >= 0.6 is 0 Å². The summed E-state index contributed by atoms with van der Waals surface area (Å²) >= 11 is 0. The normalized spacial score (nSPS) is 12.9. The van der Waals surface area contributed by atoms with Crippen LogP contribution in [-0.2, 0) is 13.1 Å². The van der Waals surface area contributed by atoms with E-state index in [-0.39, 0.29) is 0 Å². The average Bonchev–Trinajstić information content (AvgIpc) is 2.76. The van der Waals surface area contributed by atoms with Crippen molar-refractivity contribution in [3.63, 3.8) is 0 Å². The molecular weight excluding hydrogens is 200 g/mol. The van der Waals surface area contributed by atoms with Gasteiger partial charge in [0.15, 0.2) is 0 Å². The molecule has 0 saturated carbocycles. The Morgan fingerprint density at radius 3 is 2.94 bits per heavy atom. The number of aromatic nitrogens is 1. The molecule has 92 valence electrons. The standard InChI is InChI=1S/C13H24N2O/c1-3-15-8-6-13(10-15)9-14-7-4-5-12(2)11-16/h6,8,10,12,14,16H,3-5,7,9,11H2,1-2H3. The minimum Gasteiger partial charge on any atom is -0.396 e. The van der Waals surface area contributed by atoms with Crippen LogP contribution in [0.3, 0.4) is 0 Å². The summed E-state index contributed by atoms with van der Waals surface area (Å²) in [6, 6.07) is 2.16. The Morgan fingerprint density at radius 2 is 2.31 bits per heavy atom. The molecule has 1 rings (SSSR count). The summed E-state index contributed by atoms with van der Waals surface area (Å²) in [6.45, 7) is 7.55. The van der Waals surface area contributed by atoms with Crippen molar-refractivity contribution in [1.82, 2.24) is 9.88 Å². The third-order valence-corrected chi connectivity index (χ3v) is 2.87. The molecule has 0 aliphatic carbocycles. The number of hydrogen-bond acceptors (Lipinski definition) is 2. The molecule has 1 heterocycles. The second-order valence-corrected chi connectivity index (χ2v) is 4.46. The van der Waals surface area contributed by atoms with Crippen LogP contribution < -0.4 is 5.32 Å². The number of rotatable bonds is 8. The van der Waals surface area contributed by atoms with Crippen LogP contribution in [0.5, 0.6) is 0 Å². The number of nitrogens with zero attached hydrogens (tertiary/aromatic N) is 1. The number of nitrogens with one attached hydrogen (secondary N) is 1. The molecule has 0 amide bonds. The van der Waals surface area contributed by atoms with Gasteiger partial charge in [0.05, 0.1) is 0 Å². The molecule has 0 aromatic carbocycles. The van der Waals surface area contributed by atoms with Gasteiger partial charge in [-0.3, -0.25) is 0 Å². The first-order valence-electron chi connectivity index (χ1n) is 6.22. The fourth-order valence-corrected chi connectivity index (χ4v) is 1.69. The summed E-state index contributed by atoms with van der Waals surface area (Å²) in [5, 5.41) is 12.3. The van der Waals surface area contributed by atoms with Crippen LogP contribution in [0.4, 0.5) is 0 Å². The minimum atomic E-state index is 0.305. The van der Waals surface area contributed by atoms with E-state index in [1.54, 1.807) is 0 Å². The van der Waals surface area contributed by atoms with Gasteiger partial charge in [-0.1, -0.05) is 6.92 Å². The Hall–Kier alpha value is -0.800. The fraction of sp³-hybridized carbons (Fsp3) is 0.692. The maximum atomic E-state index is 8.88. The summed E-state index contributed by atoms with van der Waals surface area (Å²) in [6.07, 6.45) is 6.53. The zero-order valence-corrected chi connectivity index (χ0v) is 10.4. The monoisotopic (exact) mass is 224 g/mol. The highest BCUT2D eigenvalue weighted by Gasteiger charge is 1.99. The van der Waals surface area contributed by atoms with Gasteiger partial charge in [-0.05, 0) is 43.9 Å². The topological polar surface area (TPSA) is 37.2 Å². The van der Waals surface area contributed by atoms with Gasteiger partial charge in [-0.2, -0.15) is 0 Å². The maximum absolute atomic E-state index is 8.88. The number of aliphatic hydroxyl groups is 1. The molecule has 1 unspecified atom stereocenters. The van der Waals surface area contributed by atoms with Gasteiger partial charge in [-0.25, -0.2) is 0 Å². The van der Waals surface area contributed by atoms with E-state index in [2.05, 4.69) is 42.2 Å². The summed E-state index contributed by atoms with van der Waals surface area (Å²) in [7, 11) is 0. The van der Waals surface area contributed by atoms with Gasteiger partial charge in [-0.15, -0.1) is 0 Å². The summed E-state index contributed by atoms with van der Waals surface area (Å²) < 4.78 is 2.19. The van der Waals surface area contributed by atoms with Gasteiger partial charge in [0, 0.05) is 32.1 Å². The molecule has 0 saturated heterocycles. The Morgan fingerprint density at radius 1 is 1.50 bits per heavy atom. The lowest BCUT2D eigenvalue weighted by Crippen LogP contribution is -2.15. The first-order chi connectivity index (χ1) is 7.76. The van der Waals surface area contributed by atoms with Crippen molar-refractivity contribution >= 4 is 0 Å². The third kappa shape index (κ3) is 4.81. The molecule has 0 bridgehead atoms. The molecule has 16 heavy (non-hydrogen) atoms. The van der Waals surface area contributed by atoms with E-state index in [9.17, 15) is 0 Å². The summed E-state index contributed by atoms with van der Waals surface area (Å²) in [5.74, 6) is 0.433. The van der Waals surface area contributed by atoms with Crippen molar-refractivity contribution in [3.8, 4) is 0 Å². The van der Waals surface area contributed by atoms with Gasteiger partial charge >= 0.3 is 0 Å². The molecule has 1 atom stereocenters. The lowest BCUT2D eigenvalue weighted by Gasteiger charge is -2.07. The first kappa shape index (κ1) is 13.3. The maximum Gasteiger partial charge on any atom is 0.0456 e. The zero-order valence-electron chi connectivity index (χ0n) is 10.4. The smallest absolute Gasteiger partial charge is 0.0456 e. The van der Waals surface area contributed by atoms with E-state index in [1.807, 2.05) is 0 Å². The van der Waals surface area contributed by atoms with E-state index >= 15 is 0 Å². The quantitative estimate of drug-likeness (QED) is 0.663. The van der Waals surface area contributed by atoms with Gasteiger partial charge < -0.3 is 15.0 Å². The van der Waals surface area contributed by atoms with E-state index in [0.29, 0.717) is 12.5 Å². The zero-order chi connectivity index (χ0) is 11.8. The lowest BCUT2D eigenvalue weighted by molar-refractivity contribution is 0.228. The van der Waals surface area contributed by atoms with Crippen molar-refractivity contribution in [1.29, 1.82) is 0 Å². The van der Waals surface area contributed by atoms with E-state index < -0.39 is 0 Å². The highest BCUT2D eigenvalue weighted by atomic mass is 16.3. The highest BCUT2D eigenvalue weighted by molar-refractivity contribution is 5.09. The second-order valence-electron chi connectivity index (χ2n) is 4.46. The van der Waals surface area contributed by atoms with Crippen LogP contribution in [0, 0.1) is 5.92 Å². The first-order valence-corrected chi connectivity index (χ1v) is 6.22. The molecule has 0 fully saturated rings. The highest BCUT2D eigenvalue weighted by Crippen LogP contribution is 2.04. The Labute approximate surface area is 98.5 Å². The molecule has 0 aliphatic rings. The SMILES string of the molecule is CCn1ccc(CNCCCC(C)CO)c1. The molecule has 0 aliphatic heterocycles. The fourth-order valence-electron chi connectivity index (χ4n) is 1.69. The van der Waals surface area contributed by atoms with Gasteiger partial charge in [0.25, 0.3) is 0 Å². The number of hydrogen-bond donors (Lipinski definition) is 2. The molecule has 0 spiro atoms. The molecular formula is C13H24N2O. The van der Waals surface area contributed by atoms with E-state index in [4.69, 9.17) is 5.11 Å². The van der Waals surface area contributed by atoms with Crippen molar-refractivity contribution in [3.05, 3.63) is 24.0 Å². The molecule has 1 aromatic rings. The van der Waals surface area contributed by atoms with Crippen LogP contribution in [0.15, 0.2) is 18.5 Å². The van der Waals surface area contributed by atoms with Gasteiger partial charge in [0.1, 0.15) is 0 Å². The third-order valence-electron chi connectivity index (χ3n) is 2.87. The molecule has 3 nitrogen and oxygen atoms in total.